The minimum Gasteiger partial charge on any atom is -0.460 e. The number of carbonyl (C=O) groups excluding carboxylic acids is 1. The number of fused-ring (bicyclic) bond motifs is 3. The molecule has 0 atom stereocenters. The summed E-state index contributed by atoms with van der Waals surface area (Å²) in [6.07, 6.45) is 0. The molecule has 0 radical (unpaired) electrons. The minimum atomic E-state index is -0.438. The number of esters is 1. The highest BCUT2D eigenvalue weighted by Crippen LogP contribution is 2.49. The molecule has 2 aromatic carbocycles. The molecule has 0 fully saturated rings. The van der Waals surface area contributed by atoms with Gasteiger partial charge in [-0.2, -0.15) is 10.5 Å². The Morgan fingerprint density at radius 1 is 0.931 bits per heavy atom. The number of nitrogens with zero attached hydrogens (tertiary/aromatic N) is 2. The van der Waals surface area contributed by atoms with Gasteiger partial charge in [-0.25, -0.2) is 4.79 Å². The number of ether oxygens (including phenoxy) is 2. The summed E-state index contributed by atoms with van der Waals surface area (Å²) < 4.78 is 10.7. The Labute approximate surface area is 170 Å². The summed E-state index contributed by atoms with van der Waals surface area (Å²) in [7, 11) is 0. The molecule has 5 heteroatoms. The Morgan fingerprint density at radius 2 is 1.55 bits per heavy atom. The number of hydrogen-bond acceptors (Lipinski definition) is 5. The molecule has 1 aliphatic carbocycles. The second-order valence-electron chi connectivity index (χ2n) is 7.05. The zero-order valence-electron chi connectivity index (χ0n) is 17.0. The summed E-state index contributed by atoms with van der Waals surface area (Å²) in [4.78, 5) is 12.9. The second kappa shape index (κ2) is 8.31. The van der Waals surface area contributed by atoms with Crippen LogP contribution in [0.2, 0.25) is 0 Å². The van der Waals surface area contributed by atoms with Crippen molar-refractivity contribution in [2.24, 2.45) is 0 Å². The van der Waals surface area contributed by atoms with Crippen LogP contribution in [0.15, 0.2) is 29.8 Å². The Hall–Kier alpha value is -3.41. The van der Waals surface area contributed by atoms with Crippen LogP contribution in [0.25, 0.3) is 16.7 Å². The Bertz CT molecular complexity index is 1100. The van der Waals surface area contributed by atoms with Crippen LogP contribution in [0.5, 0.6) is 0 Å². The lowest BCUT2D eigenvalue weighted by Crippen LogP contribution is -2.12. The fourth-order valence-corrected chi connectivity index (χ4v) is 3.88. The fourth-order valence-electron chi connectivity index (χ4n) is 3.88. The van der Waals surface area contributed by atoms with E-state index in [9.17, 15) is 15.3 Å². The first-order chi connectivity index (χ1) is 13.9. The maximum absolute atomic E-state index is 12.9. The van der Waals surface area contributed by atoms with Crippen molar-refractivity contribution >= 4 is 11.5 Å². The Morgan fingerprint density at radius 3 is 2.17 bits per heavy atom. The molecule has 0 N–H and O–H groups in total. The normalized spacial score (nSPS) is 11.3. The third-order valence-corrected chi connectivity index (χ3v) is 4.91. The lowest BCUT2D eigenvalue weighted by atomic mass is 9.93. The van der Waals surface area contributed by atoms with Gasteiger partial charge in [0.05, 0.1) is 12.2 Å². The smallest absolute Gasteiger partial charge is 0.338 e. The first kappa shape index (κ1) is 20.3. The van der Waals surface area contributed by atoms with Gasteiger partial charge in [-0.1, -0.05) is 23.8 Å². The molecule has 2 aromatic rings. The van der Waals surface area contributed by atoms with E-state index in [1.54, 1.807) is 6.07 Å². The van der Waals surface area contributed by atoms with E-state index in [0.717, 1.165) is 38.9 Å². The number of carbonyl (C=O) groups is 1. The topological polar surface area (TPSA) is 83.1 Å². The molecule has 29 heavy (non-hydrogen) atoms. The van der Waals surface area contributed by atoms with Crippen LogP contribution in [-0.2, 0) is 9.47 Å². The van der Waals surface area contributed by atoms with Gasteiger partial charge in [0, 0.05) is 17.7 Å². The van der Waals surface area contributed by atoms with Crippen molar-refractivity contribution < 1.29 is 14.3 Å². The van der Waals surface area contributed by atoms with Gasteiger partial charge in [0.15, 0.2) is 0 Å². The molecule has 146 valence electrons. The van der Waals surface area contributed by atoms with Crippen molar-refractivity contribution in [2.45, 2.75) is 27.7 Å². The monoisotopic (exact) mass is 386 g/mol. The molecule has 0 aliphatic heterocycles. The number of nitriles is 2. The van der Waals surface area contributed by atoms with Crippen LogP contribution >= 0.6 is 0 Å². The van der Waals surface area contributed by atoms with E-state index in [0.29, 0.717) is 24.4 Å². The van der Waals surface area contributed by atoms with Crippen molar-refractivity contribution in [3.63, 3.8) is 0 Å². The van der Waals surface area contributed by atoms with E-state index >= 15 is 0 Å². The average Bonchev–Trinajstić information content (AvgIpc) is 3.00. The standard InChI is InChI=1S/C24H22N2O3/c1-5-28-6-7-29-24(27)20-11-15(3)10-19-22(17(12-25)13-26)18-9-14(2)8-16(4)21(18)23(19)20/h8-11H,5-7H2,1-4H3. The third-order valence-electron chi connectivity index (χ3n) is 4.91. The van der Waals surface area contributed by atoms with Gasteiger partial charge in [0.25, 0.3) is 0 Å². The molecule has 0 spiro atoms. The van der Waals surface area contributed by atoms with Crippen LogP contribution in [0, 0.1) is 43.4 Å². The summed E-state index contributed by atoms with van der Waals surface area (Å²) in [6, 6.07) is 11.8. The van der Waals surface area contributed by atoms with Crippen molar-refractivity contribution in [3.8, 4) is 23.3 Å². The highest BCUT2D eigenvalue weighted by Gasteiger charge is 2.32. The van der Waals surface area contributed by atoms with Crippen molar-refractivity contribution in [2.75, 3.05) is 19.8 Å². The molecule has 3 rings (SSSR count). The van der Waals surface area contributed by atoms with Crippen LogP contribution < -0.4 is 0 Å². The van der Waals surface area contributed by atoms with E-state index in [1.807, 2.05) is 58.0 Å². The number of aryl methyl sites for hydroxylation is 3. The molecule has 0 bridgehead atoms. The van der Waals surface area contributed by atoms with Gasteiger partial charge in [-0.05, 0) is 61.6 Å². The second-order valence-corrected chi connectivity index (χ2v) is 7.05. The van der Waals surface area contributed by atoms with Crippen molar-refractivity contribution in [1.82, 2.24) is 0 Å². The molecule has 5 nitrogen and oxygen atoms in total. The van der Waals surface area contributed by atoms with E-state index in [2.05, 4.69) is 0 Å². The molecule has 1 aliphatic rings. The Kier molecular flexibility index (Phi) is 5.82. The van der Waals surface area contributed by atoms with Crippen LogP contribution in [0.3, 0.4) is 0 Å². The van der Waals surface area contributed by atoms with Gasteiger partial charge >= 0.3 is 5.97 Å². The van der Waals surface area contributed by atoms with Gasteiger partial charge in [0.1, 0.15) is 24.3 Å². The predicted octanol–water partition coefficient (Wildman–Crippen LogP) is 4.63. The van der Waals surface area contributed by atoms with Crippen LogP contribution in [0.1, 0.15) is 45.1 Å². The minimum absolute atomic E-state index is 0.0382. The zero-order valence-corrected chi connectivity index (χ0v) is 17.0. The molecular weight excluding hydrogens is 364 g/mol. The summed E-state index contributed by atoms with van der Waals surface area (Å²) in [5.74, 6) is -0.438. The molecule has 0 saturated carbocycles. The van der Waals surface area contributed by atoms with E-state index < -0.39 is 5.97 Å². The Balaban J connectivity index is 2.26. The van der Waals surface area contributed by atoms with E-state index in [-0.39, 0.29) is 12.2 Å². The number of allylic oxidation sites excluding steroid dienone is 1. The third kappa shape index (κ3) is 3.66. The van der Waals surface area contributed by atoms with Crippen molar-refractivity contribution in [3.05, 3.63) is 63.2 Å². The number of rotatable bonds is 5. The zero-order chi connectivity index (χ0) is 21.1. The fraction of sp³-hybridized carbons (Fsp3) is 0.292. The van der Waals surface area contributed by atoms with Crippen LogP contribution in [0.4, 0.5) is 0 Å². The number of hydrogen-bond donors (Lipinski definition) is 0. The average molecular weight is 386 g/mol. The highest BCUT2D eigenvalue weighted by atomic mass is 16.6. The summed E-state index contributed by atoms with van der Waals surface area (Å²) in [5, 5.41) is 19.1. The van der Waals surface area contributed by atoms with Crippen molar-refractivity contribution in [1.29, 1.82) is 10.5 Å². The molecule has 0 amide bonds. The predicted molar refractivity (Wildman–Crippen MR) is 110 cm³/mol. The van der Waals surface area contributed by atoms with Gasteiger partial charge in [-0.3, -0.25) is 0 Å². The number of benzene rings is 2. The lowest BCUT2D eigenvalue weighted by Gasteiger charge is -2.13. The quantitative estimate of drug-likeness (QED) is 0.362. The lowest BCUT2D eigenvalue weighted by molar-refractivity contribution is 0.0336. The van der Waals surface area contributed by atoms with Gasteiger partial charge in [-0.15, -0.1) is 0 Å². The van der Waals surface area contributed by atoms with E-state index in [4.69, 9.17) is 9.47 Å². The largest absolute Gasteiger partial charge is 0.460 e. The first-order valence-corrected chi connectivity index (χ1v) is 9.49. The first-order valence-electron chi connectivity index (χ1n) is 9.49. The maximum Gasteiger partial charge on any atom is 0.338 e. The van der Waals surface area contributed by atoms with E-state index in [1.165, 1.54) is 0 Å². The molecule has 0 saturated heterocycles. The highest BCUT2D eigenvalue weighted by molar-refractivity contribution is 6.11. The molecule has 0 unspecified atom stereocenters. The maximum atomic E-state index is 12.9. The SMILES string of the molecule is CCOCCOC(=O)c1cc(C)cc2c1-c1c(C)cc(C)cc1C2=C(C#N)C#N. The van der Waals surface area contributed by atoms with Gasteiger partial charge in [0.2, 0.25) is 0 Å². The summed E-state index contributed by atoms with van der Waals surface area (Å²) in [6.45, 7) is 8.77. The van der Waals surface area contributed by atoms with Crippen LogP contribution in [-0.4, -0.2) is 25.8 Å². The molecule has 0 heterocycles. The summed E-state index contributed by atoms with van der Waals surface area (Å²) in [5.41, 5.74) is 7.06. The van der Waals surface area contributed by atoms with Gasteiger partial charge < -0.3 is 9.47 Å². The molecule has 0 aromatic heterocycles. The summed E-state index contributed by atoms with van der Waals surface area (Å²) >= 11 is 0. The molecular formula is C24H22N2O3.